The number of fused-ring (bicyclic) bond motifs is 1. The van der Waals surface area contributed by atoms with Crippen molar-refractivity contribution in [3.05, 3.63) is 58.9 Å². The summed E-state index contributed by atoms with van der Waals surface area (Å²) in [7, 11) is 0. The zero-order chi connectivity index (χ0) is 13.5. The summed E-state index contributed by atoms with van der Waals surface area (Å²) in [6, 6.07) is 8.38. The fraction of sp³-hybridized carbons (Fsp3) is 0.312. The molecule has 1 N–H and O–H groups in total. The Morgan fingerprint density at radius 1 is 1.40 bits per heavy atom. The van der Waals surface area contributed by atoms with E-state index in [1.54, 1.807) is 11.3 Å². The summed E-state index contributed by atoms with van der Waals surface area (Å²) >= 11 is 1.62. The van der Waals surface area contributed by atoms with Gasteiger partial charge in [0.25, 0.3) is 0 Å². The topological polar surface area (TPSA) is 37.5 Å². The number of aliphatic hydroxyl groups excluding tert-OH is 1. The van der Waals surface area contributed by atoms with E-state index in [0.29, 0.717) is 6.42 Å². The Hall–Kier alpha value is -1.65. The van der Waals surface area contributed by atoms with Crippen molar-refractivity contribution in [2.24, 2.45) is 0 Å². The van der Waals surface area contributed by atoms with E-state index in [0.717, 1.165) is 22.1 Å². The summed E-state index contributed by atoms with van der Waals surface area (Å²) in [5.74, 6) is 0.722. The van der Waals surface area contributed by atoms with Gasteiger partial charge in [-0.1, -0.05) is 24.3 Å². The van der Waals surface area contributed by atoms with E-state index in [4.69, 9.17) is 0 Å². The lowest BCUT2D eigenvalue weighted by atomic mass is 10.0. The molecule has 0 radical (unpaired) electrons. The van der Waals surface area contributed by atoms with Crippen molar-refractivity contribution in [1.29, 1.82) is 0 Å². The summed E-state index contributed by atoms with van der Waals surface area (Å²) in [5, 5.41) is 12.4. The van der Waals surface area contributed by atoms with Crippen LogP contribution in [0.5, 0.6) is 0 Å². The Kier molecular flexibility index (Phi) is 2.86. The van der Waals surface area contributed by atoms with Gasteiger partial charge in [0.2, 0.25) is 0 Å². The fourth-order valence-electron chi connectivity index (χ4n) is 2.63. The van der Waals surface area contributed by atoms with Crippen LogP contribution in [0, 0.1) is 0 Å². The van der Waals surface area contributed by atoms with Gasteiger partial charge >= 0.3 is 0 Å². The normalized spacial score (nSPS) is 16.6. The SMILES string of the molecule is OC(Cc1cn2ccsc2n1)c1cccc(C2CC2)c1. The van der Waals surface area contributed by atoms with Crippen LogP contribution in [0.1, 0.15) is 41.7 Å². The van der Waals surface area contributed by atoms with E-state index in [1.807, 2.05) is 28.2 Å². The number of aliphatic hydroxyl groups is 1. The number of imidazole rings is 1. The summed E-state index contributed by atoms with van der Waals surface area (Å²) < 4.78 is 2.01. The van der Waals surface area contributed by atoms with Crippen molar-refractivity contribution in [1.82, 2.24) is 9.38 Å². The monoisotopic (exact) mass is 284 g/mol. The minimum Gasteiger partial charge on any atom is -0.388 e. The molecule has 1 fully saturated rings. The van der Waals surface area contributed by atoms with Gasteiger partial charge in [-0.05, 0) is 29.9 Å². The first kappa shape index (κ1) is 12.1. The zero-order valence-electron chi connectivity index (χ0n) is 11.1. The lowest BCUT2D eigenvalue weighted by Crippen LogP contribution is -2.02. The first-order chi connectivity index (χ1) is 9.79. The maximum absolute atomic E-state index is 10.4. The number of rotatable bonds is 4. The van der Waals surface area contributed by atoms with E-state index in [2.05, 4.69) is 23.2 Å². The molecular formula is C16H16N2OS. The number of thiazole rings is 1. The van der Waals surface area contributed by atoms with Crippen LogP contribution in [0.3, 0.4) is 0 Å². The van der Waals surface area contributed by atoms with Gasteiger partial charge in [0.05, 0.1) is 11.8 Å². The molecule has 3 nitrogen and oxygen atoms in total. The van der Waals surface area contributed by atoms with Crippen LogP contribution in [0.25, 0.3) is 4.96 Å². The smallest absolute Gasteiger partial charge is 0.193 e. The van der Waals surface area contributed by atoms with Crippen molar-refractivity contribution in [3.8, 4) is 0 Å². The first-order valence-corrected chi connectivity index (χ1v) is 7.86. The molecule has 0 aliphatic heterocycles. The molecule has 0 saturated heterocycles. The average Bonchev–Trinajstić information content (AvgIpc) is 3.11. The van der Waals surface area contributed by atoms with E-state index in [1.165, 1.54) is 18.4 Å². The highest BCUT2D eigenvalue weighted by Crippen LogP contribution is 2.40. The third-order valence-electron chi connectivity index (χ3n) is 3.89. The highest BCUT2D eigenvalue weighted by atomic mass is 32.1. The van der Waals surface area contributed by atoms with E-state index in [-0.39, 0.29) is 0 Å². The molecule has 1 aliphatic carbocycles. The minimum atomic E-state index is -0.474. The second-order valence-corrected chi connectivity index (χ2v) is 6.36. The van der Waals surface area contributed by atoms with Crippen LogP contribution in [0.15, 0.2) is 42.0 Å². The maximum Gasteiger partial charge on any atom is 0.193 e. The number of hydrogen-bond donors (Lipinski definition) is 1. The highest BCUT2D eigenvalue weighted by Gasteiger charge is 2.24. The molecule has 4 rings (SSSR count). The van der Waals surface area contributed by atoms with Gasteiger partial charge in [-0.15, -0.1) is 11.3 Å². The molecule has 1 aliphatic rings. The molecule has 0 spiro atoms. The third kappa shape index (κ3) is 2.25. The van der Waals surface area contributed by atoms with Crippen LogP contribution in [0.4, 0.5) is 0 Å². The van der Waals surface area contributed by atoms with Gasteiger partial charge in [-0.3, -0.25) is 4.40 Å². The van der Waals surface area contributed by atoms with Crippen molar-refractivity contribution in [2.75, 3.05) is 0 Å². The van der Waals surface area contributed by atoms with Crippen molar-refractivity contribution in [2.45, 2.75) is 31.3 Å². The maximum atomic E-state index is 10.4. The van der Waals surface area contributed by atoms with Gasteiger partial charge in [0, 0.05) is 24.2 Å². The van der Waals surface area contributed by atoms with Crippen LogP contribution >= 0.6 is 11.3 Å². The number of hydrogen-bond acceptors (Lipinski definition) is 3. The molecule has 1 saturated carbocycles. The fourth-order valence-corrected chi connectivity index (χ4v) is 3.35. The molecule has 20 heavy (non-hydrogen) atoms. The lowest BCUT2D eigenvalue weighted by Gasteiger charge is -2.10. The summed E-state index contributed by atoms with van der Waals surface area (Å²) in [5.41, 5.74) is 3.32. The Morgan fingerprint density at radius 2 is 2.30 bits per heavy atom. The molecule has 0 amide bonds. The molecule has 2 heterocycles. The molecule has 2 aromatic heterocycles. The number of nitrogens with zero attached hydrogens (tertiary/aromatic N) is 2. The predicted molar refractivity (Wildman–Crippen MR) is 80.1 cm³/mol. The van der Waals surface area contributed by atoms with E-state index >= 15 is 0 Å². The Balaban J connectivity index is 1.55. The molecular weight excluding hydrogens is 268 g/mol. The zero-order valence-corrected chi connectivity index (χ0v) is 11.9. The van der Waals surface area contributed by atoms with Gasteiger partial charge in [0.1, 0.15) is 0 Å². The molecule has 1 unspecified atom stereocenters. The molecule has 1 atom stereocenters. The largest absolute Gasteiger partial charge is 0.388 e. The predicted octanol–water partition coefficient (Wildman–Crippen LogP) is 3.55. The van der Waals surface area contributed by atoms with E-state index in [9.17, 15) is 5.11 Å². The highest BCUT2D eigenvalue weighted by molar-refractivity contribution is 7.15. The Labute approximate surface area is 121 Å². The molecule has 1 aromatic carbocycles. The van der Waals surface area contributed by atoms with Gasteiger partial charge in [-0.25, -0.2) is 4.98 Å². The average molecular weight is 284 g/mol. The van der Waals surface area contributed by atoms with Gasteiger partial charge < -0.3 is 5.11 Å². The quantitative estimate of drug-likeness (QED) is 0.795. The van der Waals surface area contributed by atoms with Crippen molar-refractivity contribution >= 4 is 16.3 Å². The Morgan fingerprint density at radius 3 is 3.10 bits per heavy atom. The third-order valence-corrected chi connectivity index (χ3v) is 4.66. The molecule has 3 aromatic rings. The van der Waals surface area contributed by atoms with Gasteiger partial charge in [0.15, 0.2) is 4.96 Å². The van der Waals surface area contributed by atoms with Gasteiger partial charge in [-0.2, -0.15) is 0 Å². The second kappa shape index (κ2) is 4.72. The first-order valence-electron chi connectivity index (χ1n) is 6.98. The van der Waals surface area contributed by atoms with Crippen LogP contribution < -0.4 is 0 Å². The van der Waals surface area contributed by atoms with Crippen LogP contribution in [-0.2, 0) is 6.42 Å². The molecule has 102 valence electrons. The van der Waals surface area contributed by atoms with Crippen LogP contribution in [0.2, 0.25) is 0 Å². The van der Waals surface area contributed by atoms with E-state index < -0.39 is 6.10 Å². The molecule has 0 bridgehead atoms. The Bertz CT molecular complexity index is 713. The second-order valence-electron chi connectivity index (χ2n) is 5.49. The number of aromatic nitrogens is 2. The molecule has 4 heteroatoms. The summed E-state index contributed by atoms with van der Waals surface area (Å²) in [6.45, 7) is 0. The van der Waals surface area contributed by atoms with Crippen molar-refractivity contribution < 1.29 is 5.11 Å². The lowest BCUT2D eigenvalue weighted by molar-refractivity contribution is 0.177. The standard InChI is InChI=1S/C16H16N2OS/c19-15(9-14-10-18-6-7-20-16(18)17-14)13-3-1-2-12(8-13)11-4-5-11/h1-3,6-8,10-11,15,19H,4-5,9H2. The summed E-state index contributed by atoms with van der Waals surface area (Å²) in [4.78, 5) is 5.51. The van der Waals surface area contributed by atoms with Crippen LogP contribution in [-0.4, -0.2) is 14.5 Å². The van der Waals surface area contributed by atoms with Crippen molar-refractivity contribution in [3.63, 3.8) is 0 Å². The minimum absolute atomic E-state index is 0.474. The number of benzene rings is 1. The summed E-state index contributed by atoms with van der Waals surface area (Å²) in [6.07, 6.45) is 6.67.